The van der Waals surface area contributed by atoms with Gasteiger partial charge in [0.15, 0.2) is 18.3 Å². The van der Waals surface area contributed by atoms with Gasteiger partial charge in [-0.3, -0.25) is 29.4 Å². The number of benzene rings is 2. The van der Waals surface area contributed by atoms with Crippen molar-refractivity contribution in [3.8, 4) is 5.75 Å². The summed E-state index contributed by atoms with van der Waals surface area (Å²) in [6.07, 6.45) is -13.4. The van der Waals surface area contributed by atoms with Crippen LogP contribution in [-0.4, -0.2) is 111 Å². The number of para-hydroxylation sites is 1. The van der Waals surface area contributed by atoms with E-state index < -0.39 is 93.2 Å². The van der Waals surface area contributed by atoms with E-state index in [1.165, 1.54) is 24.3 Å². The number of hydrogen-bond acceptors (Lipinski definition) is 15. The molecular weight excluding hydrogens is 797 g/mol. The largest absolute Gasteiger partial charge is 0.467 e. The van der Waals surface area contributed by atoms with E-state index in [1.54, 1.807) is 68.4 Å². The summed E-state index contributed by atoms with van der Waals surface area (Å²) in [5.41, 5.74) is -4.20. The second-order valence-corrected chi connectivity index (χ2v) is 17.6. The van der Waals surface area contributed by atoms with E-state index in [1.807, 2.05) is 4.90 Å². The lowest BCUT2D eigenvalue weighted by atomic mass is 9.93. The number of rotatable bonds is 12. The third-order valence-corrected chi connectivity index (χ3v) is 9.57. The zero-order chi connectivity index (χ0) is 45.0. The molecule has 0 saturated carbocycles. The topological polar surface area (TPSA) is 185 Å². The lowest BCUT2D eigenvalue weighted by molar-refractivity contribution is -0.386. The van der Waals surface area contributed by atoms with E-state index in [0.717, 1.165) is 19.2 Å². The molecule has 16 nitrogen and oxygen atoms in total. The highest BCUT2D eigenvalue weighted by molar-refractivity contribution is 5.80. The van der Waals surface area contributed by atoms with Crippen molar-refractivity contribution in [3.05, 3.63) is 58.1 Å². The Labute approximate surface area is 347 Å². The van der Waals surface area contributed by atoms with Gasteiger partial charge < -0.3 is 38.6 Å². The Morgan fingerprint density at radius 2 is 1.33 bits per heavy atom. The average Bonchev–Trinajstić information content (AvgIpc) is 3.15. The van der Waals surface area contributed by atoms with Crippen LogP contribution in [0.3, 0.4) is 0 Å². The third kappa shape index (κ3) is 12.0. The zero-order valence-electron chi connectivity index (χ0n) is 35.5. The molecule has 0 amide bonds. The van der Waals surface area contributed by atoms with Crippen molar-refractivity contribution >= 4 is 40.9 Å². The van der Waals surface area contributed by atoms with Crippen LogP contribution in [0.2, 0.25) is 0 Å². The van der Waals surface area contributed by atoms with Crippen LogP contribution in [0.15, 0.2) is 42.5 Å². The summed E-state index contributed by atoms with van der Waals surface area (Å²) in [7, 11) is 1.04. The molecule has 2 aliphatic rings. The highest BCUT2D eigenvalue weighted by Crippen LogP contribution is 2.40. The highest BCUT2D eigenvalue weighted by Gasteiger charge is 2.58. The Hall–Kier alpha value is -5.17. The molecule has 2 aromatic carbocycles. The number of halogens is 3. The van der Waals surface area contributed by atoms with Crippen molar-refractivity contribution in [2.45, 2.75) is 99.2 Å². The lowest BCUT2D eigenvalue weighted by Gasteiger charge is -2.44. The van der Waals surface area contributed by atoms with Crippen LogP contribution < -0.4 is 15.0 Å². The van der Waals surface area contributed by atoms with E-state index in [2.05, 4.69) is 10.2 Å². The molecule has 4 rings (SSSR count). The molecule has 0 bridgehead atoms. The van der Waals surface area contributed by atoms with Gasteiger partial charge in [-0.15, -0.1) is 0 Å². The van der Waals surface area contributed by atoms with Crippen molar-refractivity contribution < 1.29 is 65.7 Å². The van der Waals surface area contributed by atoms with Crippen molar-refractivity contribution in [2.75, 3.05) is 56.6 Å². The van der Waals surface area contributed by atoms with E-state index in [-0.39, 0.29) is 18.0 Å². The SMILES string of the molecule is COC(=O)[C@H]1O[C@@H](Oc2cccc(NCCN3CCN(c4cccc(C(F)(F)F)c4)CC3)c2[N+](=O)[O-])[C@H](OC(=O)C(C)(C)C)[C@@H](OC(=O)C(C)(C)C)[C@@H]1OC(=O)C(C)(C)C. The summed E-state index contributed by atoms with van der Waals surface area (Å²) in [6.45, 7) is 16.6. The number of carbonyl (C=O) groups excluding carboxylic acids is 4. The molecule has 60 heavy (non-hydrogen) atoms. The van der Waals surface area contributed by atoms with Gasteiger partial charge in [-0.1, -0.05) is 12.1 Å². The summed E-state index contributed by atoms with van der Waals surface area (Å²) in [5, 5.41) is 15.7. The molecule has 0 aliphatic carbocycles. The molecule has 2 aliphatic heterocycles. The minimum Gasteiger partial charge on any atom is -0.467 e. The van der Waals surface area contributed by atoms with Crippen LogP contribution in [-0.2, 0) is 49.0 Å². The number of nitrogens with zero attached hydrogens (tertiary/aromatic N) is 3. The molecule has 0 unspecified atom stereocenters. The number of nitro groups is 1. The maximum Gasteiger partial charge on any atom is 0.416 e. The van der Waals surface area contributed by atoms with Gasteiger partial charge in [-0.2, -0.15) is 13.2 Å². The molecule has 332 valence electrons. The van der Waals surface area contributed by atoms with Gasteiger partial charge in [-0.25, -0.2) is 4.79 Å². The minimum atomic E-state index is -4.46. The Balaban J connectivity index is 1.63. The first-order valence-corrected chi connectivity index (χ1v) is 19.4. The number of piperazine rings is 1. The molecule has 2 aromatic rings. The number of carbonyl (C=O) groups is 4. The molecular formula is C41H55F3N4O12. The van der Waals surface area contributed by atoms with Crippen LogP contribution in [0.4, 0.5) is 30.2 Å². The Bertz CT molecular complexity index is 1880. The first kappa shape index (κ1) is 47.5. The summed E-state index contributed by atoms with van der Waals surface area (Å²) in [4.78, 5) is 69.5. The second-order valence-electron chi connectivity index (χ2n) is 17.6. The molecule has 1 N–H and O–H groups in total. The van der Waals surface area contributed by atoms with Crippen LogP contribution in [0.5, 0.6) is 5.75 Å². The zero-order valence-corrected chi connectivity index (χ0v) is 35.5. The number of alkyl halides is 3. The van der Waals surface area contributed by atoms with Crippen molar-refractivity contribution in [1.29, 1.82) is 0 Å². The summed E-state index contributed by atoms with van der Waals surface area (Å²) in [6, 6.07) is 9.31. The number of esters is 4. The standard InChI is InChI=1S/C41H55F3N4O12/c1-38(2,3)35(50)58-29-30(59-36(51)39(4,5)6)32(60-37(52)40(7,8)9)34(57-31(29)33(49)55-10)56-27-16-12-15-26(28(27)48(53)54)45-17-18-46-19-21-47(22-20-46)25-14-11-13-24(23-25)41(42,43)44/h11-16,23,29-32,34,45H,17-22H2,1-10H3/t29-,30-,31-,32+,34+/m0/s1. The third-order valence-electron chi connectivity index (χ3n) is 9.57. The number of methoxy groups -OCH3 is 1. The molecule has 5 atom stereocenters. The number of nitrogens with one attached hydrogen (secondary N) is 1. The molecule has 0 spiro atoms. The predicted molar refractivity (Wildman–Crippen MR) is 211 cm³/mol. The van der Waals surface area contributed by atoms with E-state index >= 15 is 0 Å². The Morgan fingerprint density at radius 3 is 1.85 bits per heavy atom. The molecule has 0 aromatic heterocycles. The van der Waals surface area contributed by atoms with Gasteiger partial charge in [0.25, 0.3) is 0 Å². The molecule has 19 heteroatoms. The normalized spacial score (nSPS) is 21.7. The fourth-order valence-corrected chi connectivity index (χ4v) is 6.03. The number of hydrogen-bond donors (Lipinski definition) is 1. The van der Waals surface area contributed by atoms with Gasteiger partial charge in [0.1, 0.15) is 5.69 Å². The summed E-state index contributed by atoms with van der Waals surface area (Å²) >= 11 is 0. The smallest absolute Gasteiger partial charge is 0.416 e. The van der Waals surface area contributed by atoms with Gasteiger partial charge in [0.05, 0.1) is 33.8 Å². The summed E-state index contributed by atoms with van der Waals surface area (Å²) < 4.78 is 74.5. The van der Waals surface area contributed by atoms with Gasteiger partial charge in [-0.05, 0) is 92.6 Å². The first-order chi connectivity index (χ1) is 27.7. The maximum atomic E-state index is 13.5. The van der Waals surface area contributed by atoms with Crippen molar-refractivity contribution in [3.63, 3.8) is 0 Å². The van der Waals surface area contributed by atoms with Gasteiger partial charge in [0.2, 0.25) is 18.1 Å². The Kier molecular flexibility index (Phi) is 14.7. The van der Waals surface area contributed by atoms with Crippen LogP contribution in [0.1, 0.15) is 67.9 Å². The Morgan fingerprint density at radius 1 is 0.800 bits per heavy atom. The van der Waals surface area contributed by atoms with Crippen LogP contribution in [0, 0.1) is 26.4 Å². The fraction of sp³-hybridized carbons (Fsp3) is 0.610. The lowest BCUT2D eigenvalue weighted by Crippen LogP contribution is -2.65. The van der Waals surface area contributed by atoms with E-state index in [0.29, 0.717) is 38.4 Å². The van der Waals surface area contributed by atoms with Crippen LogP contribution in [0.25, 0.3) is 0 Å². The number of nitro benzene ring substituents is 1. The minimum absolute atomic E-state index is 0.0383. The monoisotopic (exact) mass is 852 g/mol. The van der Waals surface area contributed by atoms with Gasteiger partial charge >= 0.3 is 35.7 Å². The van der Waals surface area contributed by atoms with Crippen LogP contribution >= 0.6 is 0 Å². The molecule has 0 radical (unpaired) electrons. The van der Waals surface area contributed by atoms with Gasteiger partial charge in [0, 0.05) is 45.0 Å². The molecule has 2 saturated heterocycles. The predicted octanol–water partition coefficient (Wildman–Crippen LogP) is 6.00. The van der Waals surface area contributed by atoms with E-state index in [4.69, 9.17) is 28.4 Å². The summed E-state index contributed by atoms with van der Waals surface area (Å²) in [5.74, 6) is -3.95. The maximum absolute atomic E-state index is 13.5. The average molecular weight is 853 g/mol. The molecule has 2 heterocycles. The quantitative estimate of drug-likeness (QED) is 0.113. The van der Waals surface area contributed by atoms with Crippen molar-refractivity contribution in [2.24, 2.45) is 16.2 Å². The highest BCUT2D eigenvalue weighted by atomic mass is 19.4. The fourth-order valence-electron chi connectivity index (χ4n) is 6.03. The first-order valence-electron chi connectivity index (χ1n) is 19.4. The van der Waals surface area contributed by atoms with E-state index in [9.17, 15) is 42.5 Å². The number of ether oxygens (including phenoxy) is 6. The molecule has 2 fully saturated rings. The van der Waals surface area contributed by atoms with Crippen molar-refractivity contribution in [1.82, 2.24) is 4.90 Å². The second kappa shape index (κ2) is 18.6. The number of anilines is 2.